The van der Waals surface area contributed by atoms with Gasteiger partial charge in [0.15, 0.2) is 0 Å². The Kier molecular flexibility index (Phi) is 7.28. The monoisotopic (exact) mass is 246 g/mol. The van der Waals surface area contributed by atoms with Gasteiger partial charge in [-0.1, -0.05) is 25.3 Å². The van der Waals surface area contributed by atoms with Crippen molar-refractivity contribution in [2.75, 3.05) is 0 Å². The van der Waals surface area contributed by atoms with Crippen LogP contribution in [0.5, 0.6) is 0 Å². The Morgan fingerprint density at radius 2 is 1.22 bits per heavy atom. The second-order valence-electron chi connectivity index (χ2n) is 2.69. The third kappa shape index (κ3) is 4.09. The van der Waals surface area contributed by atoms with Crippen LogP contribution in [0.1, 0.15) is 20.7 Å². The van der Waals surface area contributed by atoms with Gasteiger partial charge in [0.1, 0.15) is 0 Å². The van der Waals surface area contributed by atoms with Crippen LogP contribution in [0.3, 0.4) is 0 Å². The second kappa shape index (κ2) is 8.52. The Labute approximate surface area is 106 Å². The molecule has 1 aromatic rings. The largest absolute Gasteiger partial charge is 0.432 e. The van der Waals surface area contributed by atoms with Gasteiger partial charge in [-0.15, -0.1) is 13.2 Å². The Morgan fingerprint density at radius 1 is 0.889 bits per heavy atom. The molecule has 0 heterocycles. The first-order chi connectivity index (χ1) is 8.70. The SMILES string of the molecule is C=C.C=COC(=O)c1ccccc1C(=O)OC=C. The molecular weight excluding hydrogens is 232 g/mol. The van der Waals surface area contributed by atoms with Gasteiger partial charge in [-0.25, -0.2) is 9.59 Å². The summed E-state index contributed by atoms with van der Waals surface area (Å²) >= 11 is 0. The molecule has 0 saturated heterocycles. The van der Waals surface area contributed by atoms with Gasteiger partial charge >= 0.3 is 11.9 Å². The number of esters is 2. The van der Waals surface area contributed by atoms with Crippen molar-refractivity contribution in [3.63, 3.8) is 0 Å². The minimum atomic E-state index is -0.661. The van der Waals surface area contributed by atoms with Crippen LogP contribution in [-0.2, 0) is 9.47 Å². The number of carbonyl (C=O) groups is 2. The van der Waals surface area contributed by atoms with E-state index in [1.807, 2.05) is 0 Å². The summed E-state index contributed by atoms with van der Waals surface area (Å²) in [6.07, 6.45) is 2.00. The maximum absolute atomic E-state index is 11.4. The van der Waals surface area contributed by atoms with Gasteiger partial charge in [0.05, 0.1) is 23.7 Å². The maximum Gasteiger partial charge on any atom is 0.343 e. The van der Waals surface area contributed by atoms with Crippen molar-refractivity contribution in [1.82, 2.24) is 0 Å². The van der Waals surface area contributed by atoms with Crippen LogP contribution in [0.15, 0.2) is 63.1 Å². The predicted octanol–water partition coefficient (Wildman–Crippen LogP) is 3.09. The molecule has 0 N–H and O–H groups in total. The first-order valence-electron chi connectivity index (χ1n) is 4.93. The molecule has 1 aromatic carbocycles. The Bertz CT molecular complexity index is 408. The number of rotatable bonds is 4. The Hall–Kier alpha value is -2.62. The lowest BCUT2D eigenvalue weighted by Crippen LogP contribution is -2.10. The zero-order valence-corrected chi connectivity index (χ0v) is 9.93. The van der Waals surface area contributed by atoms with Crippen LogP contribution in [-0.4, -0.2) is 11.9 Å². The summed E-state index contributed by atoms with van der Waals surface area (Å²) in [4.78, 5) is 22.9. The van der Waals surface area contributed by atoms with Crippen LogP contribution in [0.4, 0.5) is 0 Å². The Balaban J connectivity index is 0.00000137. The first-order valence-corrected chi connectivity index (χ1v) is 4.93. The quantitative estimate of drug-likeness (QED) is 0.465. The topological polar surface area (TPSA) is 52.6 Å². The average Bonchev–Trinajstić information content (AvgIpc) is 2.41. The van der Waals surface area contributed by atoms with Crippen LogP contribution >= 0.6 is 0 Å². The minimum Gasteiger partial charge on any atom is -0.432 e. The molecule has 4 heteroatoms. The fourth-order valence-electron chi connectivity index (χ4n) is 1.12. The molecule has 0 aromatic heterocycles. The van der Waals surface area contributed by atoms with E-state index in [-0.39, 0.29) is 11.1 Å². The molecular formula is C14H14O4. The normalized spacial score (nSPS) is 8.22. The van der Waals surface area contributed by atoms with E-state index < -0.39 is 11.9 Å². The molecule has 0 radical (unpaired) electrons. The highest BCUT2D eigenvalue weighted by Crippen LogP contribution is 2.12. The number of ether oxygens (including phenoxy) is 2. The van der Waals surface area contributed by atoms with Crippen LogP contribution in [0.25, 0.3) is 0 Å². The molecule has 1 rings (SSSR count). The Morgan fingerprint density at radius 3 is 1.50 bits per heavy atom. The molecule has 0 aliphatic carbocycles. The summed E-state index contributed by atoms with van der Waals surface area (Å²) in [6.45, 7) is 12.5. The standard InChI is InChI=1S/C12H10O4.C2H4/c1-3-15-11(13)9-7-5-6-8-10(9)12(14)16-4-2;1-2/h3-8H,1-2H2;1-2H2. The van der Waals surface area contributed by atoms with Crippen LogP contribution in [0, 0.1) is 0 Å². The van der Waals surface area contributed by atoms with Gasteiger partial charge in [0.2, 0.25) is 0 Å². The van der Waals surface area contributed by atoms with Crippen LogP contribution in [0.2, 0.25) is 0 Å². The molecule has 94 valence electrons. The number of carbonyl (C=O) groups excluding carboxylic acids is 2. The smallest absolute Gasteiger partial charge is 0.343 e. The van der Waals surface area contributed by atoms with Gasteiger partial charge in [-0.2, -0.15) is 0 Å². The molecule has 0 bridgehead atoms. The summed E-state index contributed by atoms with van der Waals surface area (Å²) in [6, 6.07) is 6.16. The molecule has 0 fully saturated rings. The van der Waals surface area contributed by atoms with Crippen molar-refractivity contribution in [3.05, 3.63) is 74.2 Å². The fourth-order valence-corrected chi connectivity index (χ4v) is 1.12. The average molecular weight is 246 g/mol. The van der Waals surface area contributed by atoms with Gasteiger partial charge in [-0.05, 0) is 12.1 Å². The molecule has 0 saturated carbocycles. The summed E-state index contributed by atoms with van der Waals surface area (Å²) in [5.74, 6) is -1.32. The fraction of sp³-hybridized carbons (Fsp3) is 0. The highest BCUT2D eigenvalue weighted by Gasteiger charge is 2.17. The van der Waals surface area contributed by atoms with E-state index in [2.05, 4.69) is 35.8 Å². The van der Waals surface area contributed by atoms with Gasteiger partial charge in [0, 0.05) is 0 Å². The van der Waals surface area contributed by atoms with E-state index in [9.17, 15) is 9.59 Å². The maximum atomic E-state index is 11.4. The lowest BCUT2D eigenvalue weighted by molar-refractivity contribution is 0.0619. The zero-order valence-electron chi connectivity index (χ0n) is 9.93. The van der Waals surface area contributed by atoms with Gasteiger partial charge in [-0.3, -0.25) is 0 Å². The third-order valence-electron chi connectivity index (χ3n) is 1.75. The highest BCUT2D eigenvalue weighted by molar-refractivity contribution is 6.03. The van der Waals surface area contributed by atoms with E-state index in [1.54, 1.807) is 12.1 Å². The van der Waals surface area contributed by atoms with E-state index in [0.717, 1.165) is 12.5 Å². The lowest BCUT2D eigenvalue weighted by Gasteiger charge is -2.05. The number of hydrogen-bond donors (Lipinski definition) is 0. The van der Waals surface area contributed by atoms with E-state index in [1.165, 1.54) is 12.1 Å². The van der Waals surface area contributed by atoms with E-state index in [4.69, 9.17) is 0 Å². The molecule has 4 nitrogen and oxygen atoms in total. The molecule has 0 unspecified atom stereocenters. The van der Waals surface area contributed by atoms with Crippen molar-refractivity contribution in [3.8, 4) is 0 Å². The van der Waals surface area contributed by atoms with Crippen molar-refractivity contribution >= 4 is 11.9 Å². The summed E-state index contributed by atoms with van der Waals surface area (Å²) in [7, 11) is 0. The van der Waals surface area contributed by atoms with E-state index in [0.29, 0.717) is 0 Å². The van der Waals surface area contributed by atoms with Crippen molar-refractivity contribution in [2.24, 2.45) is 0 Å². The molecule has 0 aliphatic heterocycles. The van der Waals surface area contributed by atoms with Gasteiger partial charge < -0.3 is 9.47 Å². The van der Waals surface area contributed by atoms with E-state index >= 15 is 0 Å². The predicted molar refractivity (Wildman–Crippen MR) is 68.9 cm³/mol. The molecule has 18 heavy (non-hydrogen) atoms. The zero-order chi connectivity index (χ0) is 14.0. The molecule has 0 spiro atoms. The second-order valence-corrected chi connectivity index (χ2v) is 2.69. The van der Waals surface area contributed by atoms with Crippen LogP contribution < -0.4 is 0 Å². The minimum absolute atomic E-state index is 0.120. The van der Waals surface area contributed by atoms with Crippen molar-refractivity contribution in [1.29, 1.82) is 0 Å². The molecule has 0 atom stereocenters. The van der Waals surface area contributed by atoms with Crippen molar-refractivity contribution < 1.29 is 19.1 Å². The highest BCUT2D eigenvalue weighted by atomic mass is 16.5. The van der Waals surface area contributed by atoms with Gasteiger partial charge in [0.25, 0.3) is 0 Å². The molecule has 0 amide bonds. The summed E-state index contributed by atoms with van der Waals surface area (Å²) in [5.41, 5.74) is 0.239. The molecule has 0 aliphatic rings. The summed E-state index contributed by atoms with van der Waals surface area (Å²) in [5, 5.41) is 0. The third-order valence-corrected chi connectivity index (χ3v) is 1.75. The number of hydrogen-bond acceptors (Lipinski definition) is 4. The van der Waals surface area contributed by atoms with Crippen molar-refractivity contribution in [2.45, 2.75) is 0 Å². The first kappa shape index (κ1) is 15.4. The lowest BCUT2D eigenvalue weighted by atomic mass is 10.1. The summed E-state index contributed by atoms with van der Waals surface area (Å²) < 4.78 is 9.18. The number of benzene rings is 1.